The fraction of sp³-hybridized carbons (Fsp3) is 0.500. The maximum Gasteiger partial charge on any atom is 0.269 e. The second-order valence-electron chi connectivity index (χ2n) is 6.13. The minimum atomic E-state index is -0.758. The Kier molecular flexibility index (Phi) is 5.92. The molecule has 0 unspecified atom stereocenters. The van der Waals surface area contributed by atoms with E-state index in [4.69, 9.17) is 14.5 Å². The highest BCUT2D eigenvalue weighted by Crippen LogP contribution is 2.17. The number of nitro groups is 1. The van der Waals surface area contributed by atoms with Gasteiger partial charge in [-0.15, -0.1) is 0 Å². The number of nitrogens with zero attached hydrogens (tertiary/aromatic N) is 1. The highest BCUT2D eigenvalue weighted by molar-refractivity contribution is 5.36. The Morgan fingerprint density at radius 1 is 1.09 bits per heavy atom. The van der Waals surface area contributed by atoms with Crippen molar-refractivity contribution in [1.29, 1.82) is 0 Å². The molecule has 0 aliphatic heterocycles. The molecule has 0 fully saturated rings. The van der Waals surface area contributed by atoms with Crippen molar-refractivity contribution in [3.05, 3.63) is 34.4 Å². The van der Waals surface area contributed by atoms with E-state index in [0.29, 0.717) is 5.75 Å². The topological polar surface area (TPSA) is 70.8 Å². The highest BCUT2D eigenvalue weighted by Gasteiger charge is 2.21. The Balaban J connectivity index is 2.48. The van der Waals surface area contributed by atoms with E-state index in [1.165, 1.54) is 24.3 Å². The van der Waals surface area contributed by atoms with Crippen molar-refractivity contribution in [1.82, 2.24) is 0 Å². The first-order chi connectivity index (χ1) is 10.1. The van der Waals surface area contributed by atoms with Gasteiger partial charge in [-0.1, -0.05) is 11.8 Å². The molecule has 1 rings (SSSR count). The Morgan fingerprint density at radius 3 is 2.18 bits per heavy atom. The molecule has 0 bridgehead atoms. The van der Waals surface area contributed by atoms with Crippen LogP contribution in [0.2, 0.25) is 0 Å². The van der Waals surface area contributed by atoms with E-state index >= 15 is 0 Å². The van der Waals surface area contributed by atoms with E-state index in [1.807, 2.05) is 20.8 Å². The molecule has 0 atom stereocenters. The standard InChI is InChI=1S/C16H21NO5/c1-15(2,3)21-22-16(4,5)11-6-12-20-14-9-7-13(8-10-14)17(18)19/h7-10H,12H2,1-5H3. The van der Waals surface area contributed by atoms with Crippen molar-refractivity contribution in [2.24, 2.45) is 0 Å². The molecule has 0 aliphatic rings. The van der Waals surface area contributed by atoms with Gasteiger partial charge in [0.2, 0.25) is 0 Å². The van der Waals surface area contributed by atoms with E-state index in [-0.39, 0.29) is 12.3 Å². The molecule has 1 aromatic carbocycles. The summed E-state index contributed by atoms with van der Waals surface area (Å²) in [5.41, 5.74) is -1.15. The first-order valence-corrected chi connectivity index (χ1v) is 6.83. The summed E-state index contributed by atoms with van der Waals surface area (Å²) < 4.78 is 5.39. The van der Waals surface area contributed by atoms with Gasteiger partial charge in [0.15, 0.2) is 5.60 Å². The van der Waals surface area contributed by atoms with Crippen LogP contribution in [0.15, 0.2) is 24.3 Å². The van der Waals surface area contributed by atoms with Crippen LogP contribution in [0.1, 0.15) is 34.6 Å². The Morgan fingerprint density at radius 2 is 1.68 bits per heavy atom. The van der Waals surface area contributed by atoms with Crippen LogP contribution in [0, 0.1) is 22.0 Å². The predicted molar refractivity (Wildman–Crippen MR) is 82.4 cm³/mol. The van der Waals surface area contributed by atoms with Gasteiger partial charge < -0.3 is 4.74 Å². The Bertz CT molecular complexity index is 561. The lowest BCUT2D eigenvalue weighted by Crippen LogP contribution is -2.29. The van der Waals surface area contributed by atoms with Crippen LogP contribution in [0.25, 0.3) is 0 Å². The van der Waals surface area contributed by atoms with Crippen molar-refractivity contribution < 1.29 is 19.4 Å². The first-order valence-electron chi connectivity index (χ1n) is 6.83. The SMILES string of the molecule is CC(C)(C)OOC(C)(C)C#CCOc1ccc([N+](=O)[O-])cc1. The zero-order valence-electron chi connectivity index (χ0n) is 13.5. The van der Waals surface area contributed by atoms with E-state index in [0.717, 1.165) is 0 Å². The molecule has 0 saturated heterocycles. The lowest BCUT2D eigenvalue weighted by atomic mass is 10.1. The van der Waals surface area contributed by atoms with E-state index in [1.54, 1.807) is 13.8 Å². The third-order valence-corrected chi connectivity index (χ3v) is 2.25. The van der Waals surface area contributed by atoms with Crippen LogP contribution in [-0.4, -0.2) is 22.7 Å². The van der Waals surface area contributed by atoms with Crippen LogP contribution in [0.4, 0.5) is 5.69 Å². The van der Waals surface area contributed by atoms with Crippen molar-refractivity contribution >= 4 is 5.69 Å². The average molecular weight is 307 g/mol. The number of ether oxygens (including phenoxy) is 1. The summed E-state index contributed by atoms with van der Waals surface area (Å²) >= 11 is 0. The summed E-state index contributed by atoms with van der Waals surface area (Å²) in [5, 5.41) is 10.5. The van der Waals surface area contributed by atoms with Gasteiger partial charge in [0, 0.05) is 12.1 Å². The molecule has 0 N–H and O–H groups in total. The minimum Gasteiger partial charge on any atom is -0.481 e. The van der Waals surface area contributed by atoms with Crippen LogP contribution in [0.5, 0.6) is 5.75 Å². The molecule has 0 saturated carbocycles. The highest BCUT2D eigenvalue weighted by atomic mass is 17.2. The quantitative estimate of drug-likeness (QED) is 0.360. The third kappa shape index (κ3) is 7.07. The fourth-order valence-electron chi connectivity index (χ4n) is 1.28. The largest absolute Gasteiger partial charge is 0.481 e. The summed E-state index contributed by atoms with van der Waals surface area (Å²) in [6.45, 7) is 9.38. The lowest BCUT2D eigenvalue weighted by molar-refractivity contribution is -0.384. The van der Waals surface area contributed by atoms with Gasteiger partial charge in [-0.2, -0.15) is 0 Å². The molecule has 1 aromatic rings. The molecule has 0 spiro atoms. The van der Waals surface area contributed by atoms with Crippen molar-refractivity contribution in [2.45, 2.75) is 45.8 Å². The van der Waals surface area contributed by atoms with Gasteiger partial charge >= 0.3 is 0 Å². The monoisotopic (exact) mass is 307 g/mol. The number of benzene rings is 1. The average Bonchev–Trinajstić information content (AvgIpc) is 2.41. The molecule has 22 heavy (non-hydrogen) atoms. The van der Waals surface area contributed by atoms with E-state index in [2.05, 4.69) is 11.8 Å². The van der Waals surface area contributed by atoms with Gasteiger partial charge in [0.25, 0.3) is 5.69 Å². The second-order valence-corrected chi connectivity index (χ2v) is 6.13. The molecule has 120 valence electrons. The zero-order valence-corrected chi connectivity index (χ0v) is 13.5. The third-order valence-electron chi connectivity index (χ3n) is 2.25. The summed E-state index contributed by atoms with van der Waals surface area (Å²) in [7, 11) is 0. The molecular formula is C16H21NO5. The molecule has 6 heteroatoms. The summed E-state index contributed by atoms with van der Waals surface area (Å²) in [4.78, 5) is 20.6. The van der Waals surface area contributed by atoms with Gasteiger partial charge in [0.1, 0.15) is 12.4 Å². The second kappa shape index (κ2) is 7.25. The van der Waals surface area contributed by atoms with Gasteiger partial charge in [0.05, 0.1) is 10.5 Å². The lowest BCUT2D eigenvalue weighted by Gasteiger charge is -2.24. The Labute approximate surface area is 130 Å². The molecule has 0 aromatic heterocycles. The van der Waals surface area contributed by atoms with Crippen LogP contribution in [0.3, 0.4) is 0 Å². The van der Waals surface area contributed by atoms with Crippen LogP contribution >= 0.6 is 0 Å². The fourth-order valence-corrected chi connectivity index (χ4v) is 1.28. The summed E-state index contributed by atoms with van der Waals surface area (Å²) in [6.07, 6.45) is 0. The summed E-state index contributed by atoms with van der Waals surface area (Å²) in [5.74, 6) is 6.26. The van der Waals surface area contributed by atoms with E-state index < -0.39 is 16.1 Å². The molecule has 0 heterocycles. The predicted octanol–water partition coefficient (Wildman–Crippen LogP) is 3.50. The normalized spacial score (nSPS) is 11.5. The minimum absolute atomic E-state index is 0.0206. The smallest absolute Gasteiger partial charge is 0.269 e. The number of nitro benzene ring substituents is 1. The molecule has 0 amide bonds. The number of hydrogen-bond acceptors (Lipinski definition) is 5. The van der Waals surface area contributed by atoms with Gasteiger partial charge in [-0.25, -0.2) is 9.78 Å². The zero-order chi connectivity index (χ0) is 16.8. The first kappa shape index (κ1) is 18.0. The molecule has 0 aliphatic carbocycles. The van der Waals surface area contributed by atoms with E-state index in [9.17, 15) is 10.1 Å². The summed E-state index contributed by atoms with van der Waals surface area (Å²) in [6, 6.07) is 5.83. The maximum atomic E-state index is 10.5. The van der Waals surface area contributed by atoms with Crippen LogP contribution in [-0.2, 0) is 9.78 Å². The van der Waals surface area contributed by atoms with Gasteiger partial charge in [-0.3, -0.25) is 10.1 Å². The van der Waals surface area contributed by atoms with Crippen molar-refractivity contribution in [2.75, 3.05) is 6.61 Å². The van der Waals surface area contributed by atoms with Crippen molar-refractivity contribution in [3.63, 3.8) is 0 Å². The number of non-ortho nitro benzene ring substituents is 1. The van der Waals surface area contributed by atoms with Crippen LogP contribution < -0.4 is 4.74 Å². The molecule has 6 nitrogen and oxygen atoms in total. The van der Waals surface area contributed by atoms with Gasteiger partial charge in [-0.05, 0) is 46.8 Å². The Hall–Kier alpha value is -2.10. The van der Waals surface area contributed by atoms with Crippen molar-refractivity contribution in [3.8, 4) is 17.6 Å². The maximum absolute atomic E-state index is 10.5. The number of hydrogen-bond donors (Lipinski definition) is 0. The molecular weight excluding hydrogens is 286 g/mol. The number of rotatable bonds is 5. The molecule has 0 radical (unpaired) electrons.